The molecule has 0 radical (unpaired) electrons. The lowest BCUT2D eigenvalue weighted by Gasteiger charge is -2.31. The first-order chi connectivity index (χ1) is 18.7. The molecule has 0 fully saturated rings. The Hall–Kier alpha value is -3.13. The number of rotatable bonds is 5. The van der Waals surface area contributed by atoms with Gasteiger partial charge in [0.05, 0.1) is 0 Å². The van der Waals surface area contributed by atoms with Crippen molar-refractivity contribution in [3.8, 4) is 22.6 Å². The molecule has 0 unspecified atom stereocenters. The minimum absolute atomic E-state index is 0.160. The van der Waals surface area contributed by atoms with Crippen LogP contribution >= 0.6 is 0 Å². The molecule has 2 N–H and O–H groups in total. The Labute approximate surface area is 243 Å². The lowest BCUT2D eigenvalue weighted by Crippen LogP contribution is -2.44. The minimum atomic E-state index is -1.71. The smallest absolute Gasteiger partial charge is 0.177 e. The third-order valence-electron chi connectivity index (χ3n) is 7.05. The van der Waals surface area contributed by atoms with Crippen LogP contribution in [0, 0.1) is 0 Å². The van der Waals surface area contributed by atoms with Gasteiger partial charge in [-0.2, -0.15) is 0 Å². The minimum Gasteiger partial charge on any atom is -0.508 e. The average Bonchev–Trinajstić information content (AvgIpc) is 3.12. The molecule has 4 aromatic carbocycles. The Morgan fingerprint density at radius 3 is 1.40 bits per heavy atom. The number of phenolic OH excluding ortho intramolecular Hbond substituents is 2. The van der Waals surface area contributed by atoms with E-state index in [4.69, 9.17) is 9.22 Å². The molecule has 1 aliphatic carbocycles. The Bertz CT molecular complexity index is 1360. The molecule has 4 aromatic rings. The fraction of sp³-hybridized carbons (Fsp3) is 0.314. The van der Waals surface area contributed by atoms with Gasteiger partial charge < -0.3 is 14.3 Å². The predicted molar refractivity (Wildman–Crippen MR) is 175 cm³/mol. The van der Waals surface area contributed by atoms with Crippen molar-refractivity contribution >= 4 is 16.6 Å². The summed E-state index contributed by atoms with van der Waals surface area (Å²) in [7, 11) is -3.19. The van der Waals surface area contributed by atoms with E-state index in [1.54, 1.807) is 12.1 Å². The number of fused-ring (bicyclic) bond motifs is 3. The van der Waals surface area contributed by atoms with Crippen LogP contribution in [0.15, 0.2) is 97.1 Å². The zero-order valence-electron chi connectivity index (χ0n) is 25.5. The van der Waals surface area contributed by atoms with Crippen molar-refractivity contribution in [3.05, 3.63) is 119 Å². The summed E-state index contributed by atoms with van der Waals surface area (Å²) in [6.07, 6.45) is 0.896. The third-order valence-corrected chi connectivity index (χ3v) is 12.9. The van der Waals surface area contributed by atoms with Crippen LogP contribution in [0.1, 0.15) is 43.0 Å². The van der Waals surface area contributed by atoms with Gasteiger partial charge in [-0.25, -0.2) is 0 Å². The first-order valence-corrected chi connectivity index (χ1v) is 20.7. The van der Waals surface area contributed by atoms with Crippen molar-refractivity contribution < 1.29 is 14.3 Å². The van der Waals surface area contributed by atoms with Crippen molar-refractivity contribution in [3.63, 3.8) is 0 Å². The van der Waals surface area contributed by atoms with Gasteiger partial charge in [-0.05, 0) is 90.7 Å². The average molecular weight is 571 g/mol. The molecular formula is C35H46O3Si2. The van der Waals surface area contributed by atoms with Crippen LogP contribution in [0.4, 0.5) is 0 Å². The van der Waals surface area contributed by atoms with E-state index in [0.717, 1.165) is 23.6 Å². The summed E-state index contributed by atoms with van der Waals surface area (Å²) in [4.78, 5) is 0. The molecule has 5 rings (SSSR count). The van der Waals surface area contributed by atoms with E-state index in [2.05, 4.69) is 95.1 Å². The summed E-state index contributed by atoms with van der Waals surface area (Å²) >= 11 is 0. The zero-order valence-corrected chi connectivity index (χ0v) is 27.5. The van der Waals surface area contributed by atoms with Gasteiger partial charge in [-0.3, -0.25) is 0 Å². The van der Waals surface area contributed by atoms with Gasteiger partial charge in [-0.15, -0.1) is 0 Å². The molecule has 3 nitrogen and oxygen atoms in total. The van der Waals surface area contributed by atoms with Crippen LogP contribution in [-0.4, -0.2) is 26.8 Å². The van der Waals surface area contributed by atoms with E-state index in [1.165, 1.54) is 22.3 Å². The van der Waals surface area contributed by atoms with Gasteiger partial charge in [0.25, 0.3) is 0 Å². The molecule has 0 saturated carbocycles. The number of benzene rings is 4. The van der Waals surface area contributed by atoms with Crippen LogP contribution in [0.2, 0.25) is 32.7 Å². The third kappa shape index (κ3) is 8.20. The number of phenols is 2. The largest absolute Gasteiger partial charge is 0.508 e. The molecule has 1 aliphatic rings. The van der Waals surface area contributed by atoms with Gasteiger partial charge in [-0.1, -0.05) is 106 Å². The predicted octanol–water partition coefficient (Wildman–Crippen LogP) is 9.48. The van der Waals surface area contributed by atoms with Gasteiger partial charge in [0.15, 0.2) is 16.6 Å². The first-order valence-electron chi connectivity index (χ1n) is 14.2. The second-order valence-electron chi connectivity index (χ2n) is 12.5. The second-order valence-corrected chi connectivity index (χ2v) is 21.4. The Balaban J connectivity index is 0.000000172. The first kappa shape index (κ1) is 31.4. The van der Waals surface area contributed by atoms with E-state index in [1.807, 2.05) is 43.3 Å². The van der Waals surface area contributed by atoms with Gasteiger partial charge in [0.1, 0.15) is 11.5 Å². The SMILES string of the molecule is CC1(C)c2ccccc2-c2ccccc21.CCc1ccccc1O.C[Si](C)(C)O[Si](C)(C)Cc1ccccc1O. The van der Waals surface area contributed by atoms with Crippen molar-refractivity contribution in [2.24, 2.45) is 0 Å². The van der Waals surface area contributed by atoms with Gasteiger partial charge in [0, 0.05) is 5.41 Å². The second kappa shape index (κ2) is 13.0. The molecule has 40 heavy (non-hydrogen) atoms. The highest BCUT2D eigenvalue weighted by Gasteiger charge is 2.34. The van der Waals surface area contributed by atoms with Gasteiger partial charge >= 0.3 is 0 Å². The highest BCUT2D eigenvalue weighted by molar-refractivity contribution is 6.84. The van der Waals surface area contributed by atoms with Crippen LogP contribution in [0.25, 0.3) is 11.1 Å². The molecule has 0 saturated heterocycles. The number of hydrogen-bond donors (Lipinski definition) is 2. The summed E-state index contributed by atoms with van der Waals surface area (Å²) in [5, 5.41) is 18.9. The van der Waals surface area contributed by atoms with E-state index in [0.29, 0.717) is 11.5 Å². The zero-order chi connectivity index (χ0) is 29.6. The van der Waals surface area contributed by atoms with Crippen molar-refractivity contribution in [2.45, 2.75) is 71.4 Å². The van der Waals surface area contributed by atoms with Crippen molar-refractivity contribution in [1.29, 1.82) is 0 Å². The molecule has 0 bridgehead atoms. The van der Waals surface area contributed by atoms with E-state index in [9.17, 15) is 5.11 Å². The molecule has 0 spiro atoms. The van der Waals surface area contributed by atoms with E-state index >= 15 is 0 Å². The standard InChI is InChI=1S/C15H14.C12H22O2Si2.C8H10O/c1-15(2)13-9-5-3-7-11(13)12-8-4-6-10-14(12)15;1-15(2,3)14-16(4,5)10-11-8-6-7-9-12(11)13;1-2-7-5-3-4-6-8(7)9/h3-10H,1-2H3;6-9,13H,10H2,1-5H3;3-6,9H,2H2,1H3. The summed E-state index contributed by atoms with van der Waals surface area (Å²) in [5.41, 5.74) is 7.89. The summed E-state index contributed by atoms with van der Waals surface area (Å²) in [5.74, 6) is 0.794. The lowest BCUT2D eigenvalue weighted by atomic mass is 9.82. The maximum Gasteiger partial charge on any atom is 0.177 e. The number of aromatic hydroxyl groups is 2. The highest BCUT2D eigenvalue weighted by Crippen LogP contribution is 2.48. The molecule has 0 heterocycles. The summed E-state index contributed by atoms with van der Waals surface area (Å²) < 4.78 is 6.25. The monoisotopic (exact) mass is 570 g/mol. The molecular weight excluding hydrogens is 525 g/mol. The Morgan fingerprint density at radius 2 is 1.00 bits per heavy atom. The molecule has 0 amide bonds. The number of aryl methyl sites for hydroxylation is 1. The Kier molecular flexibility index (Phi) is 10.2. The van der Waals surface area contributed by atoms with Crippen LogP contribution < -0.4 is 0 Å². The molecule has 0 aromatic heterocycles. The van der Waals surface area contributed by atoms with E-state index in [-0.39, 0.29) is 5.41 Å². The van der Waals surface area contributed by atoms with Crippen LogP contribution in [0.3, 0.4) is 0 Å². The Morgan fingerprint density at radius 1 is 0.600 bits per heavy atom. The molecule has 5 heteroatoms. The van der Waals surface area contributed by atoms with Crippen LogP contribution in [-0.2, 0) is 22.0 Å². The maximum absolute atomic E-state index is 9.75. The van der Waals surface area contributed by atoms with Crippen molar-refractivity contribution in [1.82, 2.24) is 0 Å². The fourth-order valence-corrected chi connectivity index (χ4v) is 13.6. The summed E-state index contributed by atoms with van der Waals surface area (Å²) in [6, 6.07) is 33.3. The van der Waals surface area contributed by atoms with Gasteiger partial charge in [0.2, 0.25) is 0 Å². The topological polar surface area (TPSA) is 49.7 Å². The van der Waals surface area contributed by atoms with E-state index < -0.39 is 16.6 Å². The highest BCUT2D eigenvalue weighted by atomic mass is 28.4. The maximum atomic E-state index is 9.75. The molecule has 0 atom stereocenters. The fourth-order valence-electron chi connectivity index (χ4n) is 5.46. The number of hydrogen-bond acceptors (Lipinski definition) is 3. The normalized spacial score (nSPS) is 13.2. The van der Waals surface area contributed by atoms with Crippen LogP contribution in [0.5, 0.6) is 11.5 Å². The van der Waals surface area contributed by atoms with Crippen molar-refractivity contribution in [2.75, 3.05) is 0 Å². The number of para-hydroxylation sites is 2. The lowest BCUT2D eigenvalue weighted by molar-refractivity contribution is 0.467. The summed E-state index contributed by atoms with van der Waals surface area (Å²) in [6.45, 7) is 17.7. The molecule has 0 aliphatic heterocycles. The quantitative estimate of drug-likeness (QED) is 0.235. The molecule has 212 valence electrons.